The molecule has 0 radical (unpaired) electrons. The van der Waals surface area contributed by atoms with Gasteiger partial charge in [-0.2, -0.15) is 5.26 Å². The summed E-state index contributed by atoms with van der Waals surface area (Å²) in [5.74, 6) is 0.477. The van der Waals surface area contributed by atoms with Gasteiger partial charge in [-0.15, -0.1) is 0 Å². The zero-order valence-electron chi connectivity index (χ0n) is 10.8. The third kappa shape index (κ3) is 3.16. The Morgan fingerprint density at radius 1 is 1.47 bits per heavy atom. The summed E-state index contributed by atoms with van der Waals surface area (Å²) in [6.07, 6.45) is 1.23. The maximum atomic E-state index is 11.8. The van der Waals surface area contributed by atoms with Gasteiger partial charge in [-0.05, 0) is 30.5 Å². The quantitative estimate of drug-likeness (QED) is 0.873. The van der Waals surface area contributed by atoms with Gasteiger partial charge in [0.25, 0.3) is 0 Å². The minimum absolute atomic E-state index is 0.220. The molecule has 1 amide bonds. The summed E-state index contributed by atoms with van der Waals surface area (Å²) < 4.78 is 10.5. The lowest BCUT2D eigenvalue weighted by Gasteiger charge is -2.10. The van der Waals surface area contributed by atoms with Gasteiger partial charge in [0.2, 0.25) is 12.7 Å². The Bertz CT molecular complexity index is 508. The van der Waals surface area contributed by atoms with Crippen LogP contribution in [0.4, 0.5) is 0 Å². The molecule has 5 nitrogen and oxygen atoms in total. The van der Waals surface area contributed by atoms with E-state index in [4.69, 9.17) is 14.7 Å². The van der Waals surface area contributed by atoms with Gasteiger partial charge >= 0.3 is 0 Å². The van der Waals surface area contributed by atoms with Crippen LogP contribution >= 0.6 is 0 Å². The molecule has 2 rings (SSSR count). The second-order valence-corrected chi connectivity index (χ2v) is 4.36. The molecule has 0 aliphatic carbocycles. The Kier molecular flexibility index (Phi) is 4.24. The van der Waals surface area contributed by atoms with Crippen LogP contribution in [-0.2, 0) is 11.2 Å². The number of amides is 1. The molecular weight excluding hydrogens is 244 g/mol. The summed E-state index contributed by atoms with van der Waals surface area (Å²) in [4.78, 5) is 11.8. The second-order valence-electron chi connectivity index (χ2n) is 4.36. The molecule has 0 bridgehead atoms. The predicted octanol–water partition coefficient (Wildman–Crippen LogP) is 1.62. The lowest BCUT2D eigenvalue weighted by molar-refractivity contribution is -0.123. The van der Waals surface area contributed by atoms with Gasteiger partial charge in [0.1, 0.15) is 5.92 Å². The molecule has 1 aromatic rings. The van der Waals surface area contributed by atoms with Gasteiger partial charge in [-0.25, -0.2) is 0 Å². The summed E-state index contributed by atoms with van der Waals surface area (Å²) in [6, 6.07) is 7.52. The van der Waals surface area contributed by atoms with Gasteiger partial charge in [-0.3, -0.25) is 4.79 Å². The standard InChI is InChI=1S/C14H16N2O3/c1-2-5-16-14(17)11(8-15)6-10-3-4-12-13(7-10)19-9-18-12/h3-4,7,11H,2,5-6,9H2,1H3,(H,16,17). The number of nitrogens with one attached hydrogen (secondary N) is 1. The average Bonchev–Trinajstić information content (AvgIpc) is 2.89. The van der Waals surface area contributed by atoms with Crippen molar-refractivity contribution in [2.75, 3.05) is 13.3 Å². The summed E-state index contributed by atoms with van der Waals surface area (Å²) in [7, 11) is 0. The predicted molar refractivity (Wildman–Crippen MR) is 68.7 cm³/mol. The molecule has 0 saturated carbocycles. The highest BCUT2D eigenvalue weighted by molar-refractivity contribution is 5.81. The van der Waals surface area contributed by atoms with Crippen LogP contribution in [0.2, 0.25) is 0 Å². The summed E-state index contributed by atoms with van der Waals surface area (Å²) >= 11 is 0. The minimum atomic E-state index is -0.674. The summed E-state index contributed by atoms with van der Waals surface area (Å²) in [5, 5.41) is 11.8. The zero-order chi connectivity index (χ0) is 13.7. The van der Waals surface area contributed by atoms with Gasteiger partial charge in [0, 0.05) is 6.54 Å². The zero-order valence-corrected chi connectivity index (χ0v) is 10.8. The van der Waals surface area contributed by atoms with E-state index in [0.29, 0.717) is 24.5 Å². The van der Waals surface area contributed by atoms with E-state index in [2.05, 4.69) is 5.32 Å². The molecule has 1 aliphatic rings. The van der Waals surface area contributed by atoms with Crippen molar-refractivity contribution in [3.63, 3.8) is 0 Å². The third-order valence-electron chi connectivity index (χ3n) is 2.90. The van der Waals surface area contributed by atoms with Crippen LogP contribution in [0.5, 0.6) is 11.5 Å². The monoisotopic (exact) mass is 260 g/mol. The molecule has 1 aromatic carbocycles. The van der Waals surface area contributed by atoms with Crippen molar-refractivity contribution in [3.8, 4) is 17.6 Å². The third-order valence-corrected chi connectivity index (χ3v) is 2.90. The highest BCUT2D eigenvalue weighted by Crippen LogP contribution is 2.33. The van der Waals surface area contributed by atoms with E-state index in [0.717, 1.165) is 12.0 Å². The van der Waals surface area contributed by atoms with E-state index in [1.165, 1.54) is 0 Å². The van der Waals surface area contributed by atoms with Crippen molar-refractivity contribution >= 4 is 5.91 Å². The topological polar surface area (TPSA) is 71.4 Å². The number of nitrogens with zero attached hydrogens (tertiary/aromatic N) is 1. The fraction of sp³-hybridized carbons (Fsp3) is 0.429. The first-order chi connectivity index (χ1) is 9.24. The number of carbonyl (C=O) groups is 1. The van der Waals surface area contributed by atoms with Crippen molar-refractivity contribution < 1.29 is 14.3 Å². The molecule has 1 heterocycles. The molecule has 0 saturated heterocycles. The fourth-order valence-electron chi connectivity index (χ4n) is 1.87. The van der Waals surface area contributed by atoms with Crippen LogP contribution < -0.4 is 14.8 Å². The van der Waals surface area contributed by atoms with Crippen LogP contribution in [0.15, 0.2) is 18.2 Å². The Hall–Kier alpha value is -2.22. The van der Waals surface area contributed by atoms with Crippen LogP contribution in [-0.4, -0.2) is 19.2 Å². The molecule has 1 unspecified atom stereocenters. The van der Waals surface area contributed by atoms with E-state index in [-0.39, 0.29) is 12.7 Å². The van der Waals surface area contributed by atoms with Crippen LogP contribution in [0.3, 0.4) is 0 Å². The molecule has 1 N–H and O–H groups in total. The van der Waals surface area contributed by atoms with E-state index in [9.17, 15) is 4.79 Å². The number of carbonyl (C=O) groups excluding carboxylic acids is 1. The van der Waals surface area contributed by atoms with Gasteiger partial charge in [0.05, 0.1) is 6.07 Å². The first-order valence-corrected chi connectivity index (χ1v) is 6.30. The molecule has 1 atom stereocenters. The molecule has 1 aliphatic heterocycles. The summed E-state index contributed by atoms with van der Waals surface area (Å²) in [6.45, 7) is 2.79. The van der Waals surface area contributed by atoms with Crippen LogP contribution in [0, 0.1) is 17.2 Å². The van der Waals surface area contributed by atoms with Crippen LogP contribution in [0.1, 0.15) is 18.9 Å². The molecule has 100 valence electrons. The van der Waals surface area contributed by atoms with Crippen LogP contribution in [0.25, 0.3) is 0 Å². The Morgan fingerprint density at radius 2 is 2.26 bits per heavy atom. The highest BCUT2D eigenvalue weighted by atomic mass is 16.7. The van der Waals surface area contributed by atoms with E-state index in [1.54, 1.807) is 6.07 Å². The number of hydrogen-bond donors (Lipinski definition) is 1. The van der Waals surface area contributed by atoms with E-state index in [1.807, 2.05) is 25.1 Å². The van der Waals surface area contributed by atoms with E-state index < -0.39 is 5.92 Å². The Balaban J connectivity index is 2.02. The number of hydrogen-bond acceptors (Lipinski definition) is 4. The van der Waals surface area contributed by atoms with E-state index >= 15 is 0 Å². The van der Waals surface area contributed by atoms with Gasteiger partial charge in [0.15, 0.2) is 11.5 Å². The molecule has 0 spiro atoms. The van der Waals surface area contributed by atoms with Crippen molar-refractivity contribution in [2.24, 2.45) is 5.92 Å². The van der Waals surface area contributed by atoms with Crippen molar-refractivity contribution in [1.82, 2.24) is 5.32 Å². The minimum Gasteiger partial charge on any atom is -0.454 e. The fourth-order valence-corrected chi connectivity index (χ4v) is 1.87. The molecule has 0 fully saturated rings. The number of nitriles is 1. The molecule has 0 aromatic heterocycles. The largest absolute Gasteiger partial charge is 0.454 e. The SMILES string of the molecule is CCCNC(=O)C(C#N)Cc1ccc2c(c1)OCO2. The number of ether oxygens (including phenoxy) is 2. The molecule has 5 heteroatoms. The van der Waals surface area contributed by atoms with Crippen molar-refractivity contribution in [1.29, 1.82) is 5.26 Å². The first kappa shape index (κ1) is 13.2. The maximum Gasteiger partial charge on any atom is 0.237 e. The van der Waals surface area contributed by atoms with Gasteiger partial charge in [-0.1, -0.05) is 13.0 Å². The smallest absolute Gasteiger partial charge is 0.237 e. The Morgan fingerprint density at radius 3 is 3.00 bits per heavy atom. The second kappa shape index (κ2) is 6.10. The first-order valence-electron chi connectivity index (χ1n) is 6.30. The summed E-state index contributed by atoms with van der Waals surface area (Å²) in [5.41, 5.74) is 0.891. The molecular formula is C14H16N2O3. The number of rotatable bonds is 5. The number of fused-ring (bicyclic) bond motifs is 1. The average molecular weight is 260 g/mol. The van der Waals surface area contributed by atoms with Gasteiger partial charge < -0.3 is 14.8 Å². The number of benzene rings is 1. The lowest BCUT2D eigenvalue weighted by atomic mass is 9.99. The highest BCUT2D eigenvalue weighted by Gasteiger charge is 2.20. The maximum absolute atomic E-state index is 11.8. The van der Waals surface area contributed by atoms with Crippen molar-refractivity contribution in [2.45, 2.75) is 19.8 Å². The Labute approximate surface area is 112 Å². The molecule has 19 heavy (non-hydrogen) atoms. The lowest BCUT2D eigenvalue weighted by Crippen LogP contribution is -2.31. The normalized spacial score (nSPS) is 13.7. The van der Waals surface area contributed by atoms with Crippen molar-refractivity contribution in [3.05, 3.63) is 23.8 Å².